The zero-order valence-electron chi connectivity index (χ0n) is 12.3. The third-order valence-corrected chi connectivity index (χ3v) is 3.54. The topological polar surface area (TPSA) is 82.2 Å². The highest BCUT2D eigenvalue weighted by Gasteiger charge is 2.19. The smallest absolute Gasteiger partial charge is 0.251 e. The minimum absolute atomic E-state index is 0.261. The second kappa shape index (κ2) is 6.77. The van der Waals surface area contributed by atoms with E-state index in [0.717, 1.165) is 0 Å². The monoisotopic (exact) mass is 320 g/mol. The first-order valence-electron chi connectivity index (χ1n) is 6.82. The summed E-state index contributed by atoms with van der Waals surface area (Å²) in [5.41, 5.74) is 1.18. The minimum atomic E-state index is -0.871. The molecule has 0 saturated heterocycles. The second-order valence-corrected chi connectivity index (χ2v) is 5.61. The number of aliphatic hydroxyl groups excluding tert-OH is 1. The number of hydrogen-bond donors (Lipinski definition) is 3. The fraction of sp³-hybridized carbons (Fsp3) is 0.250. The maximum absolute atomic E-state index is 12.2. The third-order valence-electron chi connectivity index (χ3n) is 3.29. The van der Waals surface area contributed by atoms with Crippen LogP contribution in [0, 0.1) is 6.92 Å². The number of carbonyl (C=O) groups is 1. The van der Waals surface area contributed by atoms with Crippen LogP contribution in [0.25, 0.3) is 0 Å². The Kier molecular flexibility index (Phi) is 5.00. The number of pyridine rings is 1. The molecule has 0 aliphatic rings. The number of aromatic amines is 1. The molecule has 6 heteroatoms. The molecule has 5 nitrogen and oxygen atoms in total. The Morgan fingerprint density at radius 1 is 1.27 bits per heavy atom. The zero-order chi connectivity index (χ0) is 16.3. The number of benzene rings is 1. The summed E-state index contributed by atoms with van der Waals surface area (Å²) in [4.78, 5) is 26.1. The van der Waals surface area contributed by atoms with Crippen molar-refractivity contribution in [3.05, 3.63) is 68.6 Å². The van der Waals surface area contributed by atoms with Crippen LogP contribution in [0.3, 0.4) is 0 Å². The van der Waals surface area contributed by atoms with Crippen molar-refractivity contribution in [2.45, 2.75) is 26.0 Å². The molecule has 0 bridgehead atoms. The van der Waals surface area contributed by atoms with E-state index in [0.29, 0.717) is 16.3 Å². The van der Waals surface area contributed by atoms with Gasteiger partial charge in [0.15, 0.2) is 0 Å². The van der Waals surface area contributed by atoms with Crippen LogP contribution in [0.2, 0.25) is 5.02 Å². The molecule has 1 amide bonds. The van der Waals surface area contributed by atoms with Crippen LogP contribution in [0.1, 0.15) is 34.6 Å². The number of hydrogen-bond acceptors (Lipinski definition) is 3. The van der Waals surface area contributed by atoms with Crippen LogP contribution in [0.4, 0.5) is 0 Å². The number of rotatable bonds is 4. The summed E-state index contributed by atoms with van der Waals surface area (Å²) in [6.07, 6.45) is -0.871. The van der Waals surface area contributed by atoms with Crippen LogP contribution in [0.5, 0.6) is 0 Å². The van der Waals surface area contributed by atoms with E-state index < -0.39 is 18.1 Å². The number of halogens is 1. The first-order valence-corrected chi connectivity index (χ1v) is 7.20. The lowest BCUT2D eigenvalue weighted by Crippen LogP contribution is -2.37. The summed E-state index contributed by atoms with van der Waals surface area (Å²) in [5, 5.41) is 13.5. The predicted octanol–water partition coefficient (Wildman–Crippen LogP) is 2.19. The predicted molar refractivity (Wildman–Crippen MR) is 85.1 cm³/mol. The van der Waals surface area contributed by atoms with E-state index in [1.165, 1.54) is 6.07 Å². The Morgan fingerprint density at radius 3 is 2.50 bits per heavy atom. The van der Waals surface area contributed by atoms with Crippen molar-refractivity contribution in [2.75, 3.05) is 0 Å². The highest BCUT2D eigenvalue weighted by molar-refractivity contribution is 6.30. The summed E-state index contributed by atoms with van der Waals surface area (Å²) in [5.74, 6) is -0.408. The SMILES string of the molecule is Cc1cc(C(=O)NC(C)C(O)c2ccc(Cl)cc2)cc(=O)[nH]1. The van der Waals surface area contributed by atoms with Gasteiger partial charge in [-0.1, -0.05) is 23.7 Å². The zero-order valence-corrected chi connectivity index (χ0v) is 13.0. The molecule has 2 unspecified atom stereocenters. The molecule has 1 aromatic heterocycles. The van der Waals surface area contributed by atoms with Crippen molar-refractivity contribution < 1.29 is 9.90 Å². The van der Waals surface area contributed by atoms with Crippen molar-refractivity contribution in [2.24, 2.45) is 0 Å². The molecular formula is C16H17ClN2O3. The first-order chi connectivity index (χ1) is 10.4. The lowest BCUT2D eigenvalue weighted by atomic mass is 10.0. The number of carbonyl (C=O) groups excluding carboxylic acids is 1. The molecule has 22 heavy (non-hydrogen) atoms. The molecule has 3 N–H and O–H groups in total. The maximum Gasteiger partial charge on any atom is 0.251 e. The van der Waals surface area contributed by atoms with Gasteiger partial charge in [0.25, 0.3) is 5.91 Å². The van der Waals surface area contributed by atoms with Gasteiger partial charge in [0.05, 0.1) is 12.1 Å². The Bertz CT molecular complexity index is 725. The summed E-state index contributed by atoms with van der Waals surface area (Å²) >= 11 is 5.81. The van der Waals surface area contributed by atoms with E-state index in [1.807, 2.05) is 0 Å². The van der Waals surface area contributed by atoms with Gasteiger partial charge in [-0.3, -0.25) is 9.59 Å². The van der Waals surface area contributed by atoms with E-state index in [9.17, 15) is 14.7 Å². The van der Waals surface area contributed by atoms with Gasteiger partial charge in [-0.2, -0.15) is 0 Å². The number of aromatic nitrogens is 1. The molecule has 1 heterocycles. The van der Waals surface area contributed by atoms with Gasteiger partial charge < -0.3 is 15.4 Å². The molecule has 0 fully saturated rings. The second-order valence-electron chi connectivity index (χ2n) is 5.17. The molecule has 2 atom stereocenters. The van der Waals surface area contributed by atoms with Gasteiger partial charge in [-0.15, -0.1) is 0 Å². The fourth-order valence-electron chi connectivity index (χ4n) is 2.13. The molecule has 2 rings (SSSR count). The van der Waals surface area contributed by atoms with Crippen molar-refractivity contribution in [1.29, 1.82) is 0 Å². The van der Waals surface area contributed by atoms with Crippen molar-refractivity contribution in [1.82, 2.24) is 10.3 Å². The molecule has 2 aromatic rings. The normalized spacial score (nSPS) is 13.5. The van der Waals surface area contributed by atoms with Crippen molar-refractivity contribution in [3.63, 3.8) is 0 Å². The molecule has 0 aliphatic carbocycles. The summed E-state index contributed by atoms with van der Waals surface area (Å²) in [6.45, 7) is 3.39. The largest absolute Gasteiger partial charge is 0.386 e. The van der Waals surface area contributed by atoms with E-state index in [-0.39, 0.29) is 11.1 Å². The van der Waals surface area contributed by atoms with Gasteiger partial charge in [-0.05, 0) is 37.6 Å². The highest BCUT2D eigenvalue weighted by atomic mass is 35.5. The number of aryl methyl sites for hydroxylation is 1. The van der Waals surface area contributed by atoms with Gasteiger partial charge in [0.1, 0.15) is 0 Å². The Morgan fingerprint density at radius 2 is 1.91 bits per heavy atom. The Labute approximate surface area is 133 Å². The Balaban J connectivity index is 2.10. The Hall–Kier alpha value is -2.11. The van der Waals surface area contributed by atoms with Crippen LogP contribution < -0.4 is 10.9 Å². The molecule has 0 saturated carbocycles. The van der Waals surface area contributed by atoms with Crippen LogP contribution in [-0.4, -0.2) is 22.0 Å². The van der Waals surface area contributed by atoms with Crippen LogP contribution >= 0.6 is 11.6 Å². The molecule has 0 spiro atoms. The molecule has 0 radical (unpaired) electrons. The average molecular weight is 321 g/mol. The van der Waals surface area contributed by atoms with Crippen molar-refractivity contribution >= 4 is 17.5 Å². The molecular weight excluding hydrogens is 304 g/mol. The summed E-state index contributed by atoms with van der Waals surface area (Å²) in [7, 11) is 0. The van der Waals surface area contributed by atoms with Gasteiger partial charge in [0.2, 0.25) is 5.56 Å². The van der Waals surface area contributed by atoms with Gasteiger partial charge in [0, 0.05) is 22.3 Å². The third kappa shape index (κ3) is 3.96. The first kappa shape index (κ1) is 16.3. The lowest BCUT2D eigenvalue weighted by molar-refractivity contribution is 0.0852. The number of H-pyrrole nitrogens is 1. The van der Waals surface area contributed by atoms with E-state index >= 15 is 0 Å². The number of nitrogens with one attached hydrogen (secondary N) is 2. The highest BCUT2D eigenvalue weighted by Crippen LogP contribution is 2.19. The molecule has 1 aromatic carbocycles. The summed E-state index contributed by atoms with van der Waals surface area (Å²) in [6, 6.07) is 9.04. The van der Waals surface area contributed by atoms with Crippen molar-refractivity contribution in [3.8, 4) is 0 Å². The standard InChI is InChI=1S/C16H17ClN2O3/c1-9-7-12(8-14(20)18-9)16(22)19-10(2)15(21)11-3-5-13(17)6-4-11/h3-8,10,15,21H,1-2H3,(H,18,20)(H,19,22). The maximum atomic E-state index is 12.2. The van der Waals surface area contributed by atoms with E-state index in [1.54, 1.807) is 44.2 Å². The van der Waals surface area contributed by atoms with Gasteiger partial charge >= 0.3 is 0 Å². The van der Waals surface area contributed by atoms with Gasteiger partial charge in [-0.25, -0.2) is 0 Å². The number of amides is 1. The summed E-state index contributed by atoms with van der Waals surface area (Å²) < 4.78 is 0. The molecule has 116 valence electrons. The fourth-order valence-corrected chi connectivity index (χ4v) is 2.26. The quantitative estimate of drug-likeness (QED) is 0.807. The average Bonchev–Trinajstić information content (AvgIpc) is 2.46. The van der Waals surface area contributed by atoms with E-state index in [2.05, 4.69) is 10.3 Å². The molecule has 0 aliphatic heterocycles. The minimum Gasteiger partial charge on any atom is -0.386 e. The van der Waals surface area contributed by atoms with Crippen LogP contribution in [0.15, 0.2) is 41.2 Å². The van der Waals surface area contributed by atoms with Crippen LogP contribution in [-0.2, 0) is 0 Å². The van der Waals surface area contributed by atoms with E-state index in [4.69, 9.17) is 11.6 Å². The number of aliphatic hydroxyl groups is 1. The lowest BCUT2D eigenvalue weighted by Gasteiger charge is -2.20.